The van der Waals surface area contributed by atoms with E-state index in [9.17, 15) is 4.39 Å². The van der Waals surface area contributed by atoms with E-state index in [2.05, 4.69) is 21.1 Å². The number of benzene rings is 1. The Morgan fingerprint density at radius 1 is 1.43 bits per heavy atom. The SMILES string of the molecule is CC1CC(Oc2ccc(/C(N)=N/O)c(Br)c2F)CC(C)O1. The van der Waals surface area contributed by atoms with Gasteiger partial charge in [0.05, 0.1) is 16.7 Å². The highest BCUT2D eigenvalue weighted by molar-refractivity contribution is 9.10. The number of hydrogen-bond acceptors (Lipinski definition) is 4. The van der Waals surface area contributed by atoms with Gasteiger partial charge in [-0.05, 0) is 41.9 Å². The Balaban J connectivity index is 2.20. The summed E-state index contributed by atoms with van der Waals surface area (Å²) in [6.45, 7) is 3.94. The summed E-state index contributed by atoms with van der Waals surface area (Å²) in [7, 11) is 0. The molecule has 116 valence electrons. The van der Waals surface area contributed by atoms with Crippen LogP contribution in [0.25, 0.3) is 0 Å². The van der Waals surface area contributed by atoms with Crippen LogP contribution in [0.3, 0.4) is 0 Å². The van der Waals surface area contributed by atoms with Gasteiger partial charge in [-0.15, -0.1) is 0 Å². The van der Waals surface area contributed by atoms with Crippen molar-refractivity contribution < 1.29 is 19.1 Å². The standard InChI is InChI=1S/C14H18BrFN2O3/c1-7-5-9(6-8(2)20-7)21-11-4-3-10(14(17)18-19)12(15)13(11)16/h3-4,7-9,19H,5-6H2,1-2H3,(H2,17,18). The fourth-order valence-corrected chi connectivity index (χ4v) is 3.03. The molecule has 0 aromatic heterocycles. The van der Waals surface area contributed by atoms with E-state index in [0.29, 0.717) is 12.8 Å². The Morgan fingerprint density at radius 2 is 2.05 bits per heavy atom. The predicted octanol–water partition coefficient (Wildman–Crippen LogP) is 3.02. The third-order valence-corrected chi connectivity index (χ3v) is 4.15. The third kappa shape index (κ3) is 3.65. The Morgan fingerprint density at radius 3 is 2.62 bits per heavy atom. The van der Waals surface area contributed by atoms with Gasteiger partial charge in [0.15, 0.2) is 17.4 Å². The highest BCUT2D eigenvalue weighted by Gasteiger charge is 2.27. The smallest absolute Gasteiger partial charge is 0.179 e. The largest absolute Gasteiger partial charge is 0.487 e. The molecule has 2 unspecified atom stereocenters. The van der Waals surface area contributed by atoms with E-state index in [1.165, 1.54) is 6.07 Å². The molecule has 21 heavy (non-hydrogen) atoms. The van der Waals surface area contributed by atoms with Gasteiger partial charge in [-0.1, -0.05) is 5.16 Å². The first-order valence-corrected chi connectivity index (χ1v) is 7.49. The van der Waals surface area contributed by atoms with E-state index in [4.69, 9.17) is 20.4 Å². The zero-order valence-corrected chi connectivity index (χ0v) is 13.4. The lowest BCUT2D eigenvalue weighted by Gasteiger charge is -2.32. The second-order valence-electron chi connectivity index (χ2n) is 5.19. The molecule has 1 aliphatic rings. The summed E-state index contributed by atoms with van der Waals surface area (Å²) < 4.78 is 25.8. The minimum absolute atomic E-state index is 0.0849. The van der Waals surface area contributed by atoms with Gasteiger partial charge in [-0.25, -0.2) is 4.39 Å². The van der Waals surface area contributed by atoms with E-state index in [-0.39, 0.29) is 39.9 Å². The second kappa shape index (κ2) is 6.62. The second-order valence-corrected chi connectivity index (χ2v) is 5.99. The first-order valence-electron chi connectivity index (χ1n) is 6.70. The molecule has 1 aromatic carbocycles. The van der Waals surface area contributed by atoms with E-state index in [1.54, 1.807) is 6.07 Å². The minimum Gasteiger partial charge on any atom is -0.487 e. The molecule has 7 heteroatoms. The van der Waals surface area contributed by atoms with Crippen LogP contribution >= 0.6 is 15.9 Å². The lowest BCUT2D eigenvalue weighted by atomic mass is 10.0. The van der Waals surface area contributed by atoms with E-state index < -0.39 is 5.82 Å². The number of rotatable bonds is 3. The molecular weight excluding hydrogens is 343 g/mol. The summed E-state index contributed by atoms with van der Waals surface area (Å²) >= 11 is 3.11. The normalized spacial score (nSPS) is 26.7. The Kier molecular flexibility index (Phi) is 5.05. The molecule has 3 N–H and O–H groups in total. The van der Waals surface area contributed by atoms with Crippen LogP contribution in [0, 0.1) is 5.82 Å². The summed E-state index contributed by atoms with van der Waals surface area (Å²) in [6.07, 6.45) is 1.50. The molecule has 2 atom stereocenters. The van der Waals surface area contributed by atoms with Gasteiger partial charge >= 0.3 is 0 Å². The van der Waals surface area contributed by atoms with Crippen molar-refractivity contribution in [3.8, 4) is 5.75 Å². The van der Waals surface area contributed by atoms with Crippen LogP contribution < -0.4 is 10.5 Å². The first-order chi connectivity index (χ1) is 9.92. The topological polar surface area (TPSA) is 77.1 Å². The fourth-order valence-electron chi connectivity index (χ4n) is 2.49. The van der Waals surface area contributed by atoms with Crippen LogP contribution in [0.4, 0.5) is 4.39 Å². The maximum Gasteiger partial charge on any atom is 0.179 e. The molecule has 5 nitrogen and oxygen atoms in total. The lowest BCUT2D eigenvalue weighted by molar-refractivity contribution is -0.0728. The summed E-state index contributed by atoms with van der Waals surface area (Å²) in [5.74, 6) is -0.589. The molecule has 0 bridgehead atoms. The maximum atomic E-state index is 14.3. The van der Waals surface area contributed by atoms with Crippen LogP contribution in [-0.2, 0) is 4.74 Å². The van der Waals surface area contributed by atoms with Crippen LogP contribution in [0.1, 0.15) is 32.3 Å². The number of nitrogens with zero attached hydrogens (tertiary/aromatic N) is 1. The van der Waals surface area contributed by atoms with Crippen molar-refractivity contribution in [1.29, 1.82) is 0 Å². The van der Waals surface area contributed by atoms with Crippen molar-refractivity contribution in [3.05, 3.63) is 28.0 Å². The highest BCUT2D eigenvalue weighted by atomic mass is 79.9. The average molecular weight is 361 g/mol. The molecule has 0 radical (unpaired) electrons. The van der Waals surface area contributed by atoms with Gasteiger partial charge in [0.25, 0.3) is 0 Å². The summed E-state index contributed by atoms with van der Waals surface area (Å²) in [6, 6.07) is 3.03. The number of nitrogens with two attached hydrogens (primary N) is 1. The van der Waals surface area contributed by atoms with Crippen LogP contribution in [-0.4, -0.2) is 29.4 Å². The first kappa shape index (κ1) is 16.0. The zero-order chi connectivity index (χ0) is 15.6. The molecule has 0 spiro atoms. The van der Waals surface area contributed by atoms with E-state index in [1.807, 2.05) is 13.8 Å². The molecule has 0 aliphatic carbocycles. The minimum atomic E-state index is -0.564. The van der Waals surface area contributed by atoms with Crippen molar-refractivity contribution >= 4 is 21.8 Å². The molecule has 1 fully saturated rings. The molecule has 1 heterocycles. The van der Waals surface area contributed by atoms with Crippen molar-refractivity contribution in [2.45, 2.75) is 45.0 Å². The van der Waals surface area contributed by atoms with Crippen molar-refractivity contribution in [2.75, 3.05) is 0 Å². The molecule has 2 rings (SSSR count). The highest BCUT2D eigenvalue weighted by Crippen LogP contribution is 2.31. The quantitative estimate of drug-likeness (QED) is 0.376. The van der Waals surface area contributed by atoms with Crippen LogP contribution in [0.5, 0.6) is 5.75 Å². The number of hydrogen-bond donors (Lipinski definition) is 2. The van der Waals surface area contributed by atoms with Gasteiger partial charge in [-0.2, -0.15) is 0 Å². The monoisotopic (exact) mass is 360 g/mol. The number of amidine groups is 1. The molecule has 0 saturated carbocycles. The van der Waals surface area contributed by atoms with Gasteiger partial charge < -0.3 is 20.4 Å². The van der Waals surface area contributed by atoms with Crippen molar-refractivity contribution in [1.82, 2.24) is 0 Å². The Labute approximate surface area is 131 Å². The zero-order valence-electron chi connectivity index (χ0n) is 11.8. The molecule has 1 aromatic rings. The molecular formula is C14H18BrFN2O3. The number of halogens is 2. The maximum absolute atomic E-state index is 14.3. The third-order valence-electron chi connectivity index (χ3n) is 3.38. The Hall–Kier alpha value is -1.34. The summed E-state index contributed by atoms with van der Waals surface area (Å²) in [4.78, 5) is 0. The fraction of sp³-hybridized carbons (Fsp3) is 0.500. The summed E-state index contributed by atoms with van der Waals surface area (Å²) in [5.41, 5.74) is 5.75. The number of ether oxygens (including phenoxy) is 2. The number of oxime groups is 1. The van der Waals surface area contributed by atoms with Gasteiger partial charge in [0, 0.05) is 18.4 Å². The lowest BCUT2D eigenvalue weighted by Crippen LogP contribution is -2.35. The molecule has 0 amide bonds. The van der Waals surface area contributed by atoms with Crippen LogP contribution in [0.2, 0.25) is 0 Å². The summed E-state index contributed by atoms with van der Waals surface area (Å²) in [5, 5.41) is 11.5. The molecule has 1 saturated heterocycles. The van der Waals surface area contributed by atoms with Crippen LogP contribution in [0.15, 0.2) is 21.8 Å². The van der Waals surface area contributed by atoms with Crippen molar-refractivity contribution in [3.63, 3.8) is 0 Å². The van der Waals surface area contributed by atoms with Gasteiger partial charge in [0.2, 0.25) is 0 Å². The van der Waals surface area contributed by atoms with Gasteiger partial charge in [-0.3, -0.25) is 0 Å². The van der Waals surface area contributed by atoms with Gasteiger partial charge in [0.1, 0.15) is 6.10 Å². The van der Waals surface area contributed by atoms with E-state index in [0.717, 1.165) is 0 Å². The van der Waals surface area contributed by atoms with Crippen molar-refractivity contribution in [2.24, 2.45) is 10.9 Å². The molecule has 1 aliphatic heterocycles. The Bertz CT molecular complexity index is 543. The predicted molar refractivity (Wildman–Crippen MR) is 80.3 cm³/mol. The average Bonchev–Trinajstić information content (AvgIpc) is 2.42. The van der Waals surface area contributed by atoms with E-state index >= 15 is 0 Å².